The Kier molecular flexibility index (Phi) is 4.40. The van der Waals surface area contributed by atoms with Gasteiger partial charge in [0.05, 0.1) is 25.7 Å². The molecular weight excluding hydrogens is 318 g/mol. The molecule has 0 saturated heterocycles. The molecule has 2 aromatic rings. The monoisotopic (exact) mass is 341 g/mol. The van der Waals surface area contributed by atoms with Gasteiger partial charge in [-0.3, -0.25) is 4.79 Å². The Hall–Kier alpha value is -2.41. The number of aryl methyl sites for hydroxylation is 2. The molecule has 2 N–H and O–H groups in total. The number of ether oxygens (including phenoxy) is 1. The van der Waals surface area contributed by atoms with E-state index in [1.807, 2.05) is 35.9 Å². The molecule has 2 aliphatic rings. The van der Waals surface area contributed by atoms with Crippen molar-refractivity contribution >= 4 is 5.91 Å². The minimum absolute atomic E-state index is 0.0160. The summed E-state index contributed by atoms with van der Waals surface area (Å²) in [6, 6.07) is 8.17. The molecule has 0 aliphatic carbocycles. The lowest BCUT2D eigenvalue weighted by Gasteiger charge is -2.27. The lowest BCUT2D eigenvalue weighted by Crippen LogP contribution is -2.44. The lowest BCUT2D eigenvalue weighted by molar-refractivity contribution is -0.121. The van der Waals surface area contributed by atoms with Gasteiger partial charge >= 0.3 is 0 Å². The zero-order valence-electron chi connectivity index (χ0n) is 14.4. The minimum atomic E-state index is 0.0160. The lowest BCUT2D eigenvalue weighted by atomic mass is 10.0. The third kappa shape index (κ3) is 3.51. The maximum atomic E-state index is 12.4. The van der Waals surface area contributed by atoms with Crippen LogP contribution in [0.3, 0.4) is 0 Å². The smallest absolute Gasteiger partial charge is 0.234 e. The number of carbonyl (C=O) groups excluding carboxylic acids is 1. The van der Waals surface area contributed by atoms with E-state index >= 15 is 0 Å². The van der Waals surface area contributed by atoms with E-state index in [0.717, 1.165) is 48.8 Å². The number of rotatable bonds is 4. The predicted octanol–water partition coefficient (Wildman–Crippen LogP) is 1.13. The van der Waals surface area contributed by atoms with E-state index in [1.165, 1.54) is 0 Å². The van der Waals surface area contributed by atoms with Crippen molar-refractivity contribution in [1.82, 2.24) is 25.4 Å². The summed E-state index contributed by atoms with van der Waals surface area (Å²) in [4.78, 5) is 16.8. The fourth-order valence-electron chi connectivity index (χ4n) is 3.57. The van der Waals surface area contributed by atoms with Gasteiger partial charge in [0.15, 0.2) is 0 Å². The van der Waals surface area contributed by atoms with Crippen LogP contribution in [0.5, 0.6) is 5.75 Å². The molecule has 0 fully saturated rings. The molecule has 1 amide bonds. The van der Waals surface area contributed by atoms with E-state index in [0.29, 0.717) is 13.2 Å². The summed E-state index contributed by atoms with van der Waals surface area (Å²) in [6.45, 7) is 3.62. The Bertz CT molecular complexity index is 773. The fourth-order valence-corrected chi connectivity index (χ4v) is 3.57. The van der Waals surface area contributed by atoms with Crippen LogP contribution in [0, 0.1) is 6.92 Å². The predicted molar refractivity (Wildman–Crippen MR) is 92.3 cm³/mol. The molecule has 2 aliphatic heterocycles. The van der Waals surface area contributed by atoms with Crippen LogP contribution in [0.1, 0.15) is 36.1 Å². The molecule has 7 nitrogen and oxygen atoms in total. The zero-order valence-corrected chi connectivity index (χ0v) is 14.4. The number of nitrogens with zero attached hydrogens (tertiary/aromatic N) is 3. The number of amides is 1. The average molecular weight is 341 g/mol. The fraction of sp³-hybridized carbons (Fsp3) is 0.500. The molecule has 1 aromatic heterocycles. The van der Waals surface area contributed by atoms with Gasteiger partial charge in [-0.15, -0.1) is 0 Å². The molecule has 0 radical (unpaired) electrons. The van der Waals surface area contributed by atoms with Crippen molar-refractivity contribution in [2.75, 3.05) is 13.2 Å². The Balaban J connectivity index is 1.30. The first-order valence-electron chi connectivity index (χ1n) is 8.84. The van der Waals surface area contributed by atoms with Crippen LogP contribution in [-0.4, -0.2) is 39.9 Å². The van der Waals surface area contributed by atoms with Crippen molar-refractivity contribution in [1.29, 1.82) is 0 Å². The maximum absolute atomic E-state index is 12.4. The van der Waals surface area contributed by atoms with Crippen LogP contribution in [0.4, 0.5) is 0 Å². The number of nitrogens with one attached hydrogen (secondary N) is 2. The number of hydrogen-bond donors (Lipinski definition) is 2. The van der Waals surface area contributed by atoms with Crippen molar-refractivity contribution in [3.63, 3.8) is 0 Å². The second-order valence-corrected chi connectivity index (χ2v) is 6.67. The molecule has 0 bridgehead atoms. The highest BCUT2D eigenvalue weighted by molar-refractivity contribution is 5.78. The Labute approximate surface area is 146 Å². The highest BCUT2D eigenvalue weighted by Crippen LogP contribution is 2.31. The normalized spacial score (nSPS) is 21.8. The van der Waals surface area contributed by atoms with Gasteiger partial charge in [-0.2, -0.15) is 5.10 Å². The average Bonchev–Trinajstić information content (AvgIpc) is 2.99. The summed E-state index contributed by atoms with van der Waals surface area (Å²) in [7, 11) is 0. The Morgan fingerprint density at radius 3 is 3.16 bits per heavy atom. The summed E-state index contributed by atoms with van der Waals surface area (Å²) in [5.74, 6) is 2.74. The van der Waals surface area contributed by atoms with Gasteiger partial charge in [0.25, 0.3) is 0 Å². The van der Waals surface area contributed by atoms with Crippen molar-refractivity contribution in [2.24, 2.45) is 0 Å². The largest absolute Gasteiger partial charge is 0.493 e. The van der Waals surface area contributed by atoms with Gasteiger partial charge in [-0.1, -0.05) is 18.2 Å². The van der Waals surface area contributed by atoms with Crippen LogP contribution in [0.2, 0.25) is 0 Å². The van der Waals surface area contributed by atoms with E-state index in [-0.39, 0.29) is 18.0 Å². The number of hydrogen-bond acceptors (Lipinski definition) is 5. The summed E-state index contributed by atoms with van der Waals surface area (Å²) < 4.78 is 7.59. The molecule has 4 rings (SSSR count). The van der Waals surface area contributed by atoms with Crippen LogP contribution in [-0.2, 0) is 17.8 Å². The topological polar surface area (TPSA) is 81.1 Å². The molecule has 2 atom stereocenters. The van der Waals surface area contributed by atoms with E-state index in [9.17, 15) is 4.79 Å². The Morgan fingerprint density at radius 1 is 1.36 bits per heavy atom. The first-order valence-corrected chi connectivity index (χ1v) is 8.84. The van der Waals surface area contributed by atoms with E-state index < -0.39 is 0 Å². The number of aromatic nitrogens is 3. The van der Waals surface area contributed by atoms with Crippen molar-refractivity contribution in [3.8, 4) is 5.75 Å². The molecular formula is C18H23N5O2. The van der Waals surface area contributed by atoms with E-state index in [4.69, 9.17) is 4.74 Å². The SMILES string of the molecule is Cc1nc2n(n1)C[C@H](NCC(=O)N[C@H]1CCOc3ccccc31)CC2. The highest BCUT2D eigenvalue weighted by atomic mass is 16.5. The second kappa shape index (κ2) is 6.84. The van der Waals surface area contributed by atoms with Crippen LogP contribution >= 0.6 is 0 Å². The molecule has 0 spiro atoms. The maximum Gasteiger partial charge on any atom is 0.234 e. The third-order valence-corrected chi connectivity index (χ3v) is 4.81. The molecule has 25 heavy (non-hydrogen) atoms. The summed E-state index contributed by atoms with van der Waals surface area (Å²) in [6.07, 6.45) is 2.67. The van der Waals surface area contributed by atoms with Crippen molar-refractivity contribution in [2.45, 2.75) is 44.8 Å². The van der Waals surface area contributed by atoms with Crippen LogP contribution in [0.25, 0.3) is 0 Å². The van der Waals surface area contributed by atoms with E-state index in [1.54, 1.807) is 0 Å². The van der Waals surface area contributed by atoms with Crippen molar-refractivity contribution in [3.05, 3.63) is 41.5 Å². The van der Waals surface area contributed by atoms with Crippen molar-refractivity contribution < 1.29 is 9.53 Å². The first kappa shape index (κ1) is 16.1. The van der Waals surface area contributed by atoms with E-state index in [2.05, 4.69) is 20.7 Å². The molecule has 3 heterocycles. The quantitative estimate of drug-likeness (QED) is 0.871. The van der Waals surface area contributed by atoms with Gasteiger partial charge in [0.1, 0.15) is 17.4 Å². The summed E-state index contributed by atoms with van der Waals surface area (Å²) >= 11 is 0. The minimum Gasteiger partial charge on any atom is -0.493 e. The van der Waals surface area contributed by atoms with Gasteiger partial charge in [0.2, 0.25) is 5.91 Å². The molecule has 0 saturated carbocycles. The number of para-hydroxylation sites is 1. The number of benzene rings is 1. The first-order chi connectivity index (χ1) is 12.2. The second-order valence-electron chi connectivity index (χ2n) is 6.67. The Morgan fingerprint density at radius 2 is 2.24 bits per heavy atom. The zero-order chi connectivity index (χ0) is 17.2. The summed E-state index contributed by atoms with van der Waals surface area (Å²) in [5.41, 5.74) is 1.06. The van der Waals surface area contributed by atoms with Crippen LogP contribution in [0.15, 0.2) is 24.3 Å². The third-order valence-electron chi connectivity index (χ3n) is 4.81. The summed E-state index contributed by atoms with van der Waals surface area (Å²) in [5, 5.41) is 10.9. The van der Waals surface area contributed by atoms with Gasteiger partial charge in [-0.25, -0.2) is 9.67 Å². The number of fused-ring (bicyclic) bond motifs is 2. The highest BCUT2D eigenvalue weighted by Gasteiger charge is 2.24. The molecule has 1 aromatic carbocycles. The van der Waals surface area contributed by atoms with Gasteiger partial charge in [0, 0.05) is 24.4 Å². The van der Waals surface area contributed by atoms with Gasteiger partial charge in [-0.05, 0) is 19.4 Å². The number of carbonyl (C=O) groups is 1. The standard InChI is InChI=1S/C18H23N5O2/c1-12-20-17-7-6-13(11-23(17)22-12)19-10-18(24)21-15-8-9-25-16-5-3-2-4-14(15)16/h2-5,13,15,19H,6-11H2,1H3,(H,21,24)/t13-,15+/m1/s1. The van der Waals surface area contributed by atoms with Gasteiger partial charge < -0.3 is 15.4 Å². The molecule has 0 unspecified atom stereocenters. The van der Waals surface area contributed by atoms with Crippen LogP contribution < -0.4 is 15.4 Å². The molecule has 7 heteroatoms. The molecule has 132 valence electrons.